The number of benzene rings is 3. The van der Waals surface area contributed by atoms with Crippen molar-refractivity contribution < 1.29 is 34.3 Å². The standard InChI is InChI=1S/C29H33NO7/c1-34-25-13-18(5-7-23(25)32)28-21(15-31)20-10-16(11-27(36-3)29(20)37-28)4-6-22-19-14-26(35-2)24(33)12-17(19)8-9-30-22/h5,7,10-14,21-22,28,30-33H,4,6,8-9,15H2,1-3H3/t21-,22+,28+/m1/s1. The number of hydrogen-bond acceptors (Lipinski definition) is 8. The van der Waals surface area contributed by atoms with Crippen LogP contribution in [0.2, 0.25) is 0 Å². The molecule has 0 bridgehead atoms. The van der Waals surface area contributed by atoms with Gasteiger partial charge in [-0.2, -0.15) is 0 Å². The number of methoxy groups -OCH3 is 3. The van der Waals surface area contributed by atoms with Gasteiger partial charge in [-0.1, -0.05) is 12.1 Å². The minimum absolute atomic E-state index is 0.0490. The maximum atomic E-state index is 10.4. The molecule has 0 saturated heterocycles. The summed E-state index contributed by atoms with van der Waals surface area (Å²) in [6, 6.07) is 13.0. The Hall–Kier alpha value is -3.62. The van der Waals surface area contributed by atoms with E-state index in [-0.39, 0.29) is 30.1 Å². The molecule has 5 rings (SSSR count). The Morgan fingerprint density at radius 1 is 0.892 bits per heavy atom. The first-order valence-corrected chi connectivity index (χ1v) is 12.5. The van der Waals surface area contributed by atoms with Crippen LogP contribution >= 0.6 is 0 Å². The molecule has 0 aromatic heterocycles. The highest BCUT2D eigenvalue weighted by atomic mass is 16.5. The van der Waals surface area contributed by atoms with Crippen LogP contribution in [-0.2, 0) is 12.8 Å². The summed E-state index contributed by atoms with van der Waals surface area (Å²) in [6.07, 6.45) is 2.03. The summed E-state index contributed by atoms with van der Waals surface area (Å²) in [5, 5.41) is 34.1. The molecule has 3 aromatic rings. The lowest BCUT2D eigenvalue weighted by atomic mass is 9.88. The highest BCUT2D eigenvalue weighted by molar-refractivity contribution is 5.56. The van der Waals surface area contributed by atoms with Crippen molar-refractivity contribution in [3.05, 3.63) is 70.3 Å². The first-order valence-electron chi connectivity index (χ1n) is 12.5. The van der Waals surface area contributed by atoms with Gasteiger partial charge < -0.3 is 39.6 Å². The zero-order chi connectivity index (χ0) is 26.1. The Kier molecular flexibility index (Phi) is 7.04. The summed E-state index contributed by atoms with van der Waals surface area (Å²) in [5.74, 6) is 2.01. The average Bonchev–Trinajstić information content (AvgIpc) is 3.29. The van der Waals surface area contributed by atoms with Crippen molar-refractivity contribution in [1.29, 1.82) is 0 Å². The monoisotopic (exact) mass is 507 g/mol. The molecule has 4 N–H and O–H groups in total. The van der Waals surface area contributed by atoms with E-state index in [0.29, 0.717) is 23.0 Å². The summed E-state index contributed by atoms with van der Waals surface area (Å²) in [6.45, 7) is 0.740. The molecule has 3 aromatic carbocycles. The van der Waals surface area contributed by atoms with E-state index in [1.807, 2.05) is 18.2 Å². The number of nitrogens with one attached hydrogen (secondary N) is 1. The molecular weight excluding hydrogens is 474 g/mol. The van der Waals surface area contributed by atoms with Gasteiger partial charge in [0.05, 0.1) is 33.9 Å². The lowest BCUT2D eigenvalue weighted by Crippen LogP contribution is -2.30. The van der Waals surface area contributed by atoms with Gasteiger partial charge >= 0.3 is 0 Å². The third kappa shape index (κ3) is 4.63. The van der Waals surface area contributed by atoms with Crippen molar-refractivity contribution in [3.8, 4) is 34.5 Å². The van der Waals surface area contributed by atoms with Crippen LogP contribution in [0.4, 0.5) is 0 Å². The fraction of sp³-hybridized carbons (Fsp3) is 0.379. The molecule has 2 aliphatic heterocycles. The Bertz CT molecular complexity index is 1290. The number of aromatic hydroxyl groups is 2. The number of phenolic OH excluding ortho intramolecular Hbond substituents is 2. The van der Waals surface area contributed by atoms with Gasteiger partial charge in [-0.05, 0) is 78.4 Å². The SMILES string of the molecule is COc1cc([C@@H]2Oc3c(OC)cc(CC[C@@H]4NCCc5cc(O)c(OC)cc54)cc3[C@H]2CO)ccc1O. The molecule has 37 heavy (non-hydrogen) atoms. The van der Waals surface area contributed by atoms with Gasteiger partial charge in [-0.25, -0.2) is 0 Å². The number of aryl methyl sites for hydroxylation is 1. The zero-order valence-corrected chi connectivity index (χ0v) is 21.3. The minimum Gasteiger partial charge on any atom is -0.504 e. The van der Waals surface area contributed by atoms with Gasteiger partial charge in [0.15, 0.2) is 34.5 Å². The van der Waals surface area contributed by atoms with Crippen LogP contribution in [0.5, 0.6) is 34.5 Å². The van der Waals surface area contributed by atoms with E-state index in [4.69, 9.17) is 18.9 Å². The Balaban J connectivity index is 1.41. The Morgan fingerprint density at radius 2 is 1.65 bits per heavy atom. The van der Waals surface area contributed by atoms with Crippen LogP contribution in [0.15, 0.2) is 42.5 Å². The highest BCUT2D eigenvalue weighted by Crippen LogP contribution is 2.51. The van der Waals surface area contributed by atoms with E-state index in [9.17, 15) is 15.3 Å². The molecule has 0 spiro atoms. The quantitative estimate of drug-likeness (QED) is 0.360. The average molecular weight is 508 g/mol. The van der Waals surface area contributed by atoms with E-state index < -0.39 is 6.10 Å². The molecule has 0 radical (unpaired) electrons. The molecule has 2 heterocycles. The Morgan fingerprint density at radius 3 is 2.38 bits per heavy atom. The van der Waals surface area contributed by atoms with Gasteiger partial charge in [0, 0.05) is 11.6 Å². The number of hydrogen-bond donors (Lipinski definition) is 4. The maximum Gasteiger partial charge on any atom is 0.165 e. The van der Waals surface area contributed by atoms with E-state index >= 15 is 0 Å². The summed E-state index contributed by atoms with van der Waals surface area (Å²) in [5.41, 5.74) is 5.06. The summed E-state index contributed by atoms with van der Waals surface area (Å²) < 4.78 is 22.6. The van der Waals surface area contributed by atoms with Crippen molar-refractivity contribution in [2.45, 2.75) is 37.3 Å². The van der Waals surface area contributed by atoms with E-state index in [1.165, 1.54) is 7.11 Å². The van der Waals surface area contributed by atoms with Gasteiger partial charge in [0.25, 0.3) is 0 Å². The molecular formula is C29H33NO7. The van der Waals surface area contributed by atoms with Crippen molar-refractivity contribution in [2.75, 3.05) is 34.5 Å². The van der Waals surface area contributed by atoms with E-state index in [2.05, 4.69) is 11.4 Å². The van der Waals surface area contributed by atoms with Crippen molar-refractivity contribution in [3.63, 3.8) is 0 Å². The molecule has 2 aliphatic rings. The van der Waals surface area contributed by atoms with Gasteiger partial charge in [0.2, 0.25) is 0 Å². The summed E-state index contributed by atoms with van der Waals surface area (Å²) in [7, 11) is 4.68. The fourth-order valence-corrected chi connectivity index (χ4v) is 5.51. The number of phenols is 2. The second-order valence-corrected chi connectivity index (χ2v) is 9.49. The van der Waals surface area contributed by atoms with Crippen LogP contribution in [0.3, 0.4) is 0 Å². The fourth-order valence-electron chi connectivity index (χ4n) is 5.51. The van der Waals surface area contributed by atoms with Gasteiger partial charge in [-0.3, -0.25) is 0 Å². The van der Waals surface area contributed by atoms with Gasteiger partial charge in [0.1, 0.15) is 6.10 Å². The third-order valence-corrected chi connectivity index (χ3v) is 7.42. The predicted octanol–water partition coefficient (Wildman–Crippen LogP) is 4.15. The van der Waals surface area contributed by atoms with Crippen molar-refractivity contribution in [1.82, 2.24) is 5.32 Å². The van der Waals surface area contributed by atoms with Crippen molar-refractivity contribution in [2.24, 2.45) is 0 Å². The first-order chi connectivity index (χ1) is 18.0. The molecule has 196 valence electrons. The first kappa shape index (κ1) is 25.0. The van der Waals surface area contributed by atoms with Gasteiger partial charge in [-0.15, -0.1) is 0 Å². The molecule has 0 fully saturated rings. The highest BCUT2D eigenvalue weighted by Gasteiger charge is 2.38. The minimum atomic E-state index is -0.439. The van der Waals surface area contributed by atoms with E-state index in [1.54, 1.807) is 32.4 Å². The second kappa shape index (κ2) is 10.4. The van der Waals surface area contributed by atoms with Crippen molar-refractivity contribution >= 4 is 0 Å². The molecule has 8 heteroatoms. The third-order valence-electron chi connectivity index (χ3n) is 7.42. The smallest absolute Gasteiger partial charge is 0.165 e. The number of ether oxygens (including phenoxy) is 4. The number of fused-ring (bicyclic) bond motifs is 2. The lowest BCUT2D eigenvalue weighted by Gasteiger charge is -2.28. The van der Waals surface area contributed by atoms with E-state index in [0.717, 1.165) is 53.6 Å². The lowest BCUT2D eigenvalue weighted by molar-refractivity contribution is 0.157. The predicted molar refractivity (Wildman–Crippen MR) is 138 cm³/mol. The summed E-state index contributed by atoms with van der Waals surface area (Å²) >= 11 is 0. The second-order valence-electron chi connectivity index (χ2n) is 9.49. The topological polar surface area (TPSA) is 110 Å². The normalized spacial score (nSPS) is 20.1. The molecule has 0 unspecified atom stereocenters. The molecule has 3 atom stereocenters. The number of aliphatic hydroxyl groups is 1. The van der Waals surface area contributed by atoms with Crippen LogP contribution in [-0.4, -0.2) is 49.8 Å². The van der Waals surface area contributed by atoms with Crippen LogP contribution < -0.4 is 24.3 Å². The maximum absolute atomic E-state index is 10.4. The molecule has 0 aliphatic carbocycles. The van der Waals surface area contributed by atoms with Crippen LogP contribution in [0, 0.1) is 0 Å². The number of aliphatic hydroxyl groups excluding tert-OH is 1. The van der Waals surface area contributed by atoms with Crippen LogP contribution in [0.1, 0.15) is 52.3 Å². The zero-order valence-electron chi connectivity index (χ0n) is 21.3. The number of rotatable bonds is 8. The Labute approximate surface area is 216 Å². The largest absolute Gasteiger partial charge is 0.504 e. The van der Waals surface area contributed by atoms with Crippen LogP contribution in [0.25, 0.3) is 0 Å². The summed E-state index contributed by atoms with van der Waals surface area (Å²) in [4.78, 5) is 0. The molecule has 0 amide bonds. The molecule has 0 saturated carbocycles. The molecule has 8 nitrogen and oxygen atoms in total.